The van der Waals surface area contributed by atoms with Gasteiger partial charge in [-0.2, -0.15) is 0 Å². The van der Waals surface area contributed by atoms with Gasteiger partial charge in [0.25, 0.3) is 0 Å². The Balaban J connectivity index is 1.87. The van der Waals surface area contributed by atoms with Gasteiger partial charge in [0.05, 0.1) is 24.5 Å². The normalized spacial score (nSPS) is 10.6. The van der Waals surface area contributed by atoms with Crippen LogP contribution in [0.2, 0.25) is 0 Å². The molecule has 0 radical (unpaired) electrons. The summed E-state index contributed by atoms with van der Waals surface area (Å²) in [6, 6.07) is 8.94. The number of aliphatic carboxylic acids is 1. The van der Waals surface area contributed by atoms with Crippen molar-refractivity contribution >= 4 is 23.5 Å². The van der Waals surface area contributed by atoms with Gasteiger partial charge in [0, 0.05) is 16.9 Å². The molecule has 2 N–H and O–H groups in total. The van der Waals surface area contributed by atoms with Crippen molar-refractivity contribution in [1.82, 2.24) is 0 Å². The van der Waals surface area contributed by atoms with Crippen LogP contribution in [0.15, 0.2) is 35.2 Å². The van der Waals surface area contributed by atoms with E-state index in [2.05, 4.69) is 0 Å². The highest BCUT2D eigenvalue weighted by atomic mass is 32.2. The van der Waals surface area contributed by atoms with Crippen LogP contribution in [0.25, 0.3) is 0 Å². The summed E-state index contributed by atoms with van der Waals surface area (Å²) in [5.41, 5.74) is 1.92. The smallest absolute Gasteiger partial charge is 0.313 e. The number of carbonyl (C=O) groups excluding carboxylic acids is 1. The molecule has 2 aromatic rings. The zero-order valence-corrected chi connectivity index (χ0v) is 18.4. The zero-order chi connectivity index (χ0) is 22.1. The van der Waals surface area contributed by atoms with E-state index in [4.69, 9.17) is 14.6 Å². The number of Topliss-reactive ketones (excluding diaryl/α,β-unsaturated/α-hetero) is 1. The SMILES string of the molecule is CCCc1c(OCCCOc2ccc(SCC(=O)O)cc2C)ccc(C(C)=O)c1O. The molecular formula is C23H28O6S. The highest BCUT2D eigenvalue weighted by Crippen LogP contribution is 2.33. The number of benzene rings is 2. The van der Waals surface area contributed by atoms with Crippen LogP contribution in [0.3, 0.4) is 0 Å². The van der Waals surface area contributed by atoms with Crippen LogP contribution in [0.4, 0.5) is 0 Å². The van der Waals surface area contributed by atoms with Gasteiger partial charge >= 0.3 is 5.97 Å². The summed E-state index contributed by atoms with van der Waals surface area (Å²) in [6.07, 6.45) is 2.11. The summed E-state index contributed by atoms with van der Waals surface area (Å²) in [6.45, 7) is 6.24. The summed E-state index contributed by atoms with van der Waals surface area (Å²) >= 11 is 1.27. The molecule has 0 atom stereocenters. The van der Waals surface area contributed by atoms with Gasteiger partial charge in [0.2, 0.25) is 0 Å². The maximum Gasteiger partial charge on any atom is 0.313 e. The predicted molar refractivity (Wildman–Crippen MR) is 117 cm³/mol. The number of rotatable bonds is 12. The molecule has 0 aliphatic rings. The highest BCUT2D eigenvalue weighted by Gasteiger charge is 2.15. The summed E-state index contributed by atoms with van der Waals surface area (Å²) in [4.78, 5) is 23.2. The fourth-order valence-electron chi connectivity index (χ4n) is 2.97. The minimum absolute atomic E-state index is 0.00887. The van der Waals surface area contributed by atoms with Crippen molar-refractivity contribution < 1.29 is 29.3 Å². The van der Waals surface area contributed by atoms with Gasteiger partial charge in [-0.05, 0) is 56.2 Å². The average Bonchev–Trinajstić information content (AvgIpc) is 2.69. The maximum absolute atomic E-state index is 11.6. The lowest BCUT2D eigenvalue weighted by Crippen LogP contribution is -2.07. The van der Waals surface area contributed by atoms with Gasteiger partial charge in [-0.3, -0.25) is 9.59 Å². The van der Waals surface area contributed by atoms with Crippen LogP contribution in [0.5, 0.6) is 17.2 Å². The van der Waals surface area contributed by atoms with Crippen LogP contribution < -0.4 is 9.47 Å². The fraction of sp³-hybridized carbons (Fsp3) is 0.391. The maximum atomic E-state index is 11.6. The predicted octanol–water partition coefficient (Wildman–Crippen LogP) is 4.88. The molecule has 7 heteroatoms. The zero-order valence-electron chi connectivity index (χ0n) is 17.6. The molecule has 0 aromatic heterocycles. The molecule has 2 aromatic carbocycles. The number of carboxylic acids is 1. The summed E-state index contributed by atoms with van der Waals surface area (Å²) < 4.78 is 11.6. The molecule has 0 saturated heterocycles. The number of carbonyl (C=O) groups is 2. The number of hydrogen-bond acceptors (Lipinski definition) is 6. The van der Waals surface area contributed by atoms with Gasteiger partial charge in [-0.1, -0.05) is 13.3 Å². The Kier molecular flexibility index (Phi) is 9.05. The number of aryl methyl sites for hydroxylation is 1. The minimum Gasteiger partial charge on any atom is -0.507 e. The first-order valence-corrected chi connectivity index (χ1v) is 10.9. The van der Waals surface area contributed by atoms with Crippen LogP contribution in [0, 0.1) is 6.92 Å². The first-order chi connectivity index (χ1) is 14.3. The molecule has 0 heterocycles. The summed E-state index contributed by atoms with van der Waals surface area (Å²) in [7, 11) is 0. The third-order valence-electron chi connectivity index (χ3n) is 4.43. The standard InChI is InChI=1S/C23H28O6S/c1-4-6-19-21(10-8-18(16(3)24)23(19)27)29-12-5-11-28-20-9-7-17(13-15(20)2)30-14-22(25)26/h7-10,13,27H,4-6,11-12,14H2,1-3H3,(H,25,26). The first-order valence-electron chi connectivity index (χ1n) is 9.90. The van der Waals surface area contributed by atoms with Gasteiger partial charge in [0.15, 0.2) is 5.78 Å². The number of hydrogen-bond donors (Lipinski definition) is 2. The molecule has 0 aliphatic heterocycles. The third-order valence-corrected chi connectivity index (χ3v) is 5.41. The number of ether oxygens (including phenoxy) is 2. The number of phenolic OH excluding ortho intramolecular Hbond substituents is 1. The van der Waals surface area contributed by atoms with Crippen molar-refractivity contribution in [2.45, 2.75) is 44.9 Å². The van der Waals surface area contributed by atoms with Crippen LogP contribution in [0.1, 0.15) is 48.2 Å². The Labute approximate surface area is 181 Å². The van der Waals surface area contributed by atoms with Gasteiger partial charge < -0.3 is 19.7 Å². The lowest BCUT2D eigenvalue weighted by Gasteiger charge is -2.15. The minimum atomic E-state index is -0.843. The molecule has 6 nitrogen and oxygen atoms in total. The quantitative estimate of drug-likeness (QED) is 0.280. The summed E-state index contributed by atoms with van der Waals surface area (Å²) in [5.74, 6) is 0.367. The van der Waals surface area contributed by atoms with E-state index in [-0.39, 0.29) is 17.3 Å². The van der Waals surface area contributed by atoms with Crippen molar-refractivity contribution in [3.8, 4) is 17.2 Å². The Hall–Kier alpha value is -2.67. The molecule has 0 bridgehead atoms. The number of thioether (sulfide) groups is 1. The summed E-state index contributed by atoms with van der Waals surface area (Å²) in [5, 5.41) is 19.1. The molecule has 30 heavy (non-hydrogen) atoms. The van der Waals surface area contributed by atoms with E-state index >= 15 is 0 Å². The molecule has 0 amide bonds. The van der Waals surface area contributed by atoms with Crippen molar-refractivity contribution in [3.05, 3.63) is 47.0 Å². The van der Waals surface area contributed by atoms with E-state index in [9.17, 15) is 14.7 Å². The Morgan fingerprint density at radius 1 is 1.07 bits per heavy atom. The largest absolute Gasteiger partial charge is 0.507 e. The van der Waals surface area contributed by atoms with Crippen molar-refractivity contribution in [2.24, 2.45) is 0 Å². The molecule has 0 unspecified atom stereocenters. The second-order valence-electron chi connectivity index (χ2n) is 6.90. The molecule has 0 aliphatic carbocycles. The Morgan fingerprint density at radius 2 is 1.73 bits per heavy atom. The molecule has 162 valence electrons. The monoisotopic (exact) mass is 432 g/mol. The topological polar surface area (TPSA) is 93.1 Å². The van der Waals surface area contributed by atoms with Crippen LogP contribution >= 0.6 is 11.8 Å². The van der Waals surface area contributed by atoms with Gasteiger partial charge in [0.1, 0.15) is 17.2 Å². The van der Waals surface area contributed by atoms with Crippen LogP contribution in [-0.2, 0) is 11.2 Å². The first kappa shape index (κ1) is 23.6. The van der Waals surface area contributed by atoms with E-state index < -0.39 is 5.97 Å². The van der Waals surface area contributed by atoms with Gasteiger partial charge in [-0.15, -0.1) is 11.8 Å². The number of carboxylic acid groups (broad SMARTS) is 1. The highest BCUT2D eigenvalue weighted by molar-refractivity contribution is 8.00. The molecular weight excluding hydrogens is 404 g/mol. The van der Waals surface area contributed by atoms with E-state index in [0.717, 1.165) is 22.6 Å². The molecule has 0 spiro atoms. The second kappa shape index (κ2) is 11.5. The van der Waals surface area contributed by atoms with Crippen molar-refractivity contribution in [2.75, 3.05) is 19.0 Å². The van der Waals surface area contributed by atoms with E-state index in [1.807, 2.05) is 32.0 Å². The molecule has 2 rings (SSSR count). The van der Waals surface area contributed by atoms with Crippen molar-refractivity contribution in [3.63, 3.8) is 0 Å². The lowest BCUT2D eigenvalue weighted by atomic mass is 10.0. The second-order valence-corrected chi connectivity index (χ2v) is 7.95. The number of phenols is 1. The van der Waals surface area contributed by atoms with Gasteiger partial charge in [-0.25, -0.2) is 0 Å². The van der Waals surface area contributed by atoms with E-state index in [1.54, 1.807) is 12.1 Å². The average molecular weight is 433 g/mol. The van der Waals surface area contributed by atoms with E-state index in [1.165, 1.54) is 18.7 Å². The van der Waals surface area contributed by atoms with Crippen LogP contribution in [-0.4, -0.2) is 40.9 Å². The molecule has 0 saturated carbocycles. The number of ketones is 1. The fourth-order valence-corrected chi connectivity index (χ4v) is 3.69. The third kappa shape index (κ3) is 6.69. The van der Waals surface area contributed by atoms with E-state index in [0.29, 0.717) is 42.9 Å². The Bertz CT molecular complexity index is 894. The van der Waals surface area contributed by atoms with Crippen molar-refractivity contribution in [1.29, 1.82) is 0 Å². The Morgan fingerprint density at radius 3 is 2.33 bits per heavy atom. The molecule has 0 fully saturated rings. The number of aromatic hydroxyl groups is 1. The lowest BCUT2D eigenvalue weighted by molar-refractivity contribution is -0.133.